The molecule has 0 atom stereocenters. The summed E-state index contributed by atoms with van der Waals surface area (Å²) >= 11 is 0. The fourth-order valence-electron chi connectivity index (χ4n) is 3.74. The molecule has 146 valence electrons. The lowest BCUT2D eigenvalue weighted by molar-refractivity contribution is 0.414. The first kappa shape index (κ1) is 17.3. The Bertz CT molecular complexity index is 1130. The minimum atomic E-state index is -0.350. The van der Waals surface area contributed by atoms with E-state index in [4.69, 9.17) is 4.74 Å². The largest absolute Gasteiger partial charge is 0.497 e. The second-order valence-corrected chi connectivity index (χ2v) is 8.10. The van der Waals surface area contributed by atoms with E-state index < -0.39 is 0 Å². The molecule has 7 heteroatoms. The van der Waals surface area contributed by atoms with Gasteiger partial charge in [-0.25, -0.2) is 9.78 Å². The highest BCUT2D eigenvalue weighted by Gasteiger charge is 2.28. The molecule has 0 bridgehead atoms. The van der Waals surface area contributed by atoms with Crippen molar-refractivity contribution in [1.82, 2.24) is 19.1 Å². The number of rotatable bonds is 7. The number of H-pyrrole nitrogens is 1. The van der Waals surface area contributed by atoms with Gasteiger partial charge in [-0.1, -0.05) is 12.1 Å². The van der Waals surface area contributed by atoms with Gasteiger partial charge in [0.05, 0.1) is 7.11 Å². The zero-order chi connectivity index (χ0) is 19.3. The van der Waals surface area contributed by atoms with E-state index in [9.17, 15) is 9.59 Å². The SMILES string of the molecule is COc1ccc(Cn2c(CC3CC3)nc3[nH]c(=O)n(CC4CC4)c(=O)c32)cc1. The van der Waals surface area contributed by atoms with Gasteiger partial charge in [-0.15, -0.1) is 0 Å². The van der Waals surface area contributed by atoms with Crippen molar-refractivity contribution in [2.24, 2.45) is 11.8 Å². The standard InChI is InChI=1S/C21H24N4O3/c1-28-16-8-6-15(7-9-16)11-24-17(10-13-2-3-13)22-19-18(24)20(26)25(21(27)23-19)12-14-4-5-14/h6-9,13-14H,2-5,10-12H2,1H3,(H,23,27). The van der Waals surface area contributed by atoms with Crippen LogP contribution in [-0.2, 0) is 19.5 Å². The quantitative estimate of drug-likeness (QED) is 0.682. The number of benzene rings is 1. The van der Waals surface area contributed by atoms with Gasteiger partial charge in [0.25, 0.3) is 5.56 Å². The van der Waals surface area contributed by atoms with Crippen molar-refractivity contribution in [3.05, 3.63) is 56.5 Å². The lowest BCUT2D eigenvalue weighted by Gasteiger charge is -2.10. The molecule has 0 amide bonds. The summed E-state index contributed by atoms with van der Waals surface area (Å²) in [4.78, 5) is 33.1. The third-order valence-corrected chi connectivity index (χ3v) is 5.77. The van der Waals surface area contributed by atoms with Crippen molar-refractivity contribution in [2.75, 3.05) is 7.11 Å². The maximum absolute atomic E-state index is 13.2. The van der Waals surface area contributed by atoms with Crippen molar-refractivity contribution in [3.8, 4) is 5.75 Å². The number of nitrogens with one attached hydrogen (secondary N) is 1. The predicted octanol–water partition coefficient (Wildman–Crippen LogP) is 2.31. The molecule has 0 aliphatic heterocycles. The van der Waals surface area contributed by atoms with Crippen molar-refractivity contribution >= 4 is 11.2 Å². The molecule has 2 heterocycles. The van der Waals surface area contributed by atoms with Gasteiger partial charge in [-0.05, 0) is 55.2 Å². The first-order valence-electron chi connectivity index (χ1n) is 9.97. The van der Waals surface area contributed by atoms with Gasteiger partial charge in [0.1, 0.15) is 11.6 Å². The molecule has 0 radical (unpaired) electrons. The van der Waals surface area contributed by atoms with E-state index in [1.54, 1.807) is 7.11 Å². The van der Waals surface area contributed by atoms with Crippen molar-refractivity contribution in [3.63, 3.8) is 0 Å². The summed E-state index contributed by atoms with van der Waals surface area (Å²) < 4.78 is 8.59. The maximum Gasteiger partial charge on any atom is 0.330 e. The second-order valence-electron chi connectivity index (χ2n) is 8.10. The van der Waals surface area contributed by atoms with Crippen LogP contribution in [0.5, 0.6) is 5.75 Å². The summed E-state index contributed by atoms with van der Waals surface area (Å²) in [5.41, 5.74) is 1.40. The van der Waals surface area contributed by atoms with Gasteiger partial charge in [-0.3, -0.25) is 14.3 Å². The van der Waals surface area contributed by atoms with E-state index in [1.165, 1.54) is 17.4 Å². The van der Waals surface area contributed by atoms with Gasteiger partial charge in [0, 0.05) is 19.5 Å². The summed E-state index contributed by atoms with van der Waals surface area (Å²) in [6.07, 6.45) is 5.42. The van der Waals surface area contributed by atoms with Gasteiger partial charge >= 0.3 is 5.69 Å². The Hall–Kier alpha value is -2.83. The van der Waals surface area contributed by atoms with Crippen LogP contribution in [0.2, 0.25) is 0 Å². The number of methoxy groups -OCH3 is 1. The fourth-order valence-corrected chi connectivity index (χ4v) is 3.74. The van der Waals surface area contributed by atoms with E-state index in [0.29, 0.717) is 36.1 Å². The summed E-state index contributed by atoms with van der Waals surface area (Å²) in [7, 11) is 1.64. The fraction of sp³-hybridized carbons (Fsp3) is 0.476. The van der Waals surface area contributed by atoms with E-state index in [0.717, 1.165) is 36.4 Å². The number of hydrogen-bond acceptors (Lipinski definition) is 4. The molecule has 28 heavy (non-hydrogen) atoms. The predicted molar refractivity (Wildman–Crippen MR) is 106 cm³/mol. The van der Waals surface area contributed by atoms with Crippen LogP contribution < -0.4 is 16.0 Å². The molecule has 2 aromatic heterocycles. The number of imidazole rings is 1. The van der Waals surface area contributed by atoms with Gasteiger partial charge < -0.3 is 9.30 Å². The first-order valence-corrected chi connectivity index (χ1v) is 9.97. The Morgan fingerprint density at radius 2 is 1.79 bits per heavy atom. The smallest absolute Gasteiger partial charge is 0.330 e. The lowest BCUT2D eigenvalue weighted by Crippen LogP contribution is -2.36. The molecule has 7 nitrogen and oxygen atoms in total. The van der Waals surface area contributed by atoms with Crippen molar-refractivity contribution < 1.29 is 4.74 Å². The molecule has 1 N–H and O–H groups in total. The lowest BCUT2D eigenvalue weighted by atomic mass is 10.2. The Morgan fingerprint density at radius 3 is 2.43 bits per heavy atom. The number of fused-ring (bicyclic) bond motifs is 1. The van der Waals surface area contributed by atoms with Crippen LogP contribution in [0.3, 0.4) is 0 Å². The summed E-state index contributed by atoms with van der Waals surface area (Å²) in [5.74, 6) is 2.76. The number of nitrogens with zero attached hydrogens (tertiary/aromatic N) is 3. The number of ether oxygens (including phenoxy) is 1. The molecule has 5 rings (SSSR count). The van der Waals surface area contributed by atoms with Crippen molar-refractivity contribution in [2.45, 2.75) is 45.2 Å². The number of aromatic nitrogens is 4. The molecule has 2 aliphatic carbocycles. The highest BCUT2D eigenvalue weighted by molar-refractivity contribution is 5.70. The molecule has 3 aromatic rings. The molecule has 2 saturated carbocycles. The van der Waals surface area contributed by atoms with Crippen LogP contribution >= 0.6 is 0 Å². The van der Waals surface area contributed by atoms with Crippen LogP contribution in [0.25, 0.3) is 11.2 Å². The topological polar surface area (TPSA) is 81.9 Å². The van der Waals surface area contributed by atoms with E-state index >= 15 is 0 Å². The molecule has 2 fully saturated rings. The van der Waals surface area contributed by atoms with Crippen LogP contribution in [0.1, 0.15) is 37.1 Å². The molecule has 0 spiro atoms. The van der Waals surface area contributed by atoms with E-state index in [-0.39, 0.29) is 11.2 Å². The Morgan fingerprint density at radius 1 is 1.07 bits per heavy atom. The first-order chi connectivity index (χ1) is 13.6. The molecule has 0 saturated heterocycles. The molecule has 2 aliphatic rings. The monoisotopic (exact) mass is 380 g/mol. The van der Waals surface area contributed by atoms with Crippen LogP contribution in [0.15, 0.2) is 33.9 Å². The summed E-state index contributed by atoms with van der Waals surface area (Å²) in [5, 5.41) is 0. The van der Waals surface area contributed by atoms with Crippen LogP contribution in [0.4, 0.5) is 0 Å². The maximum atomic E-state index is 13.2. The summed E-state index contributed by atoms with van der Waals surface area (Å²) in [6.45, 7) is 1.04. The molecular weight excluding hydrogens is 356 g/mol. The van der Waals surface area contributed by atoms with E-state index in [1.807, 2.05) is 28.8 Å². The number of aromatic amines is 1. The minimum absolute atomic E-state index is 0.228. The zero-order valence-electron chi connectivity index (χ0n) is 16.0. The third kappa shape index (κ3) is 3.25. The van der Waals surface area contributed by atoms with Crippen LogP contribution in [-0.4, -0.2) is 26.2 Å². The Labute approximate surface area is 162 Å². The number of hydrogen-bond donors (Lipinski definition) is 1. The Kier molecular flexibility index (Phi) is 4.10. The highest BCUT2D eigenvalue weighted by atomic mass is 16.5. The van der Waals surface area contributed by atoms with Gasteiger partial charge in [-0.2, -0.15) is 0 Å². The van der Waals surface area contributed by atoms with Crippen molar-refractivity contribution in [1.29, 1.82) is 0 Å². The van der Waals surface area contributed by atoms with Gasteiger partial charge in [0.2, 0.25) is 0 Å². The molecular formula is C21H24N4O3. The second kappa shape index (κ2) is 6.65. The van der Waals surface area contributed by atoms with Crippen LogP contribution in [0, 0.1) is 11.8 Å². The molecule has 1 aromatic carbocycles. The van der Waals surface area contributed by atoms with E-state index in [2.05, 4.69) is 9.97 Å². The minimum Gasteiger partial charge on any atom is -0.497 e. The third-order valence-electron chi connectivity index (χ3n) is 5.77. The van der Waals surface area contributed by atoms with Gasteiger partial charge in [0.15, 0.2) is 11.2 Å². The molecule has 0 unspecified atom stereocenters. The normalized spacial score (nSPS) is 16.6. The average molecular weight is 380 g/mol. The Balaban J connectivity index is 1.62. The zero-order valence-corrected chi connectivity index (χ0v) is 16.0. The average Bonchev–Trinajstić information content (AvgIpc) is 3.60. The highest BCUT2D eigenvalue weighted by Crippen LogP contribution is 2.33. The summed E-state index contributed by atoms with van der Waals surface area (Å²) in [6, 6.07) is 7.84.